The summed E-state index contributed by atoms with van der Waals surface area (Å²) in [5.41, 5.74) is 0.886. The predicted molar refractivity (Wildman–Crippen MR) is 71.3 cm³/mol. The molecule has 0 heterocycles. The number of rotatable bonds is 6. The third kappa shape index (κ3) is 4.86. The fourth-order valence-electron chi connectivity index (χ4n) is 1.43. The standard InChI is InChI=1S/C13H19N3O2/c1-3-14-12(17)10-16(2)13(18)9-15-11-7-5-4-6-8-11/h4-8,15H,3,9-10H2,1-2H3,(H,14,17). The van der Waals surface area contributed by atoms with Crippen molar-refractivity contribution in [3.63, 3.8) is 0 Å². The lowest BCUT2D eigenvalue weighted by atomic mass is 10.3. The van der Waals surface area contributed by atoms with Gasteiger partial charge in [0.25, 0.3) is 0 Å². The van der Waals surface area contributed by atoms with Crippen LogP contribution in [0.4, 0.5) is 5.69 Å². The van der Waals surface area contributed by atoms with Gasteiger partial charge in [-0.15, -0.1) is 0 Å². The Bertz CT molecular complexity index is 392. The number of carbonyl (C=O) groups excluding carboxylic acids is 2. The minimum absolute atomic E-state index is 0.0865. The Morgan fingerprint density at radius 1 is 1.22 bits per heavy atom. The Morgan fingerprint density at radius 2 is 1.89 bits per heavy atom. The Labute approximate surface area is 107 Å². The van der Waals surface area contributed by atoms with Crippen LogP contribution in [0.5, 0.6) is 0 Å². The molecule has 0 aliphatic rings. The van der Waals surface area contributed by atoms with Gasteiger partial charge in [-0.1, -0.05) is 18.2 Å². The highest BCUT2D eigenvalue weighted by Gasteiger charge is 2.11. The van der Waals surface area contributed by atoms with Crippen molar-refractivity contribution in [1.82, 2.24) is 10.2 Å². The molecule has 0 radical (unpaired) electrons. The van der Waals surface area contributed by atoms with Crippen molar-refractivity contribution in [3.05, 3.63) is 30.3 Å². The molecule has 0 aliphatic heterocycles. The van der Waals surface area contributed by atoms with Gasteiger partial charge in [0.1, 0.15) is 0 Å². The summed E-state index contributed by atoms with van der Waals surface area (Å²) in [6, 6.07) is 9.47. The van der Waals surface area contributed by atoms with Gasteiger partial charge in [-0.3, -0.25) is 9.59 Å². The zero-order valence-electron chi connectivity index (χ0n) is 10.8. The summed E-state index contributed by atoms with van der Waals surface area (Å²) in [6.07, 6.45) is 0. The van der Waals surface area contributed by atoms with Crippen LogP contribution in [0.2, 0.25) is 0 Å². The van der Waals surface area contributed by atoms with Gasteiger partial charge >= 0.3 is 0 Å². The van der Waals surface area contributed by atoms with E-state index >= 15 is 0 Å². The number of likely N-dealkylation sites (N-methyl/N-ethyl adjacent to an activating group) is 2. The summed E-state index contributed by atoms with van der Waals surface area (Å²) < 4.78 is 0. The first-order chi connectivity index (χ1) is 8.63. The van der Waals surface area contributed by atoms with Crippen LogP contribution in [0, 0.1) is 0 Å². The monoisotopic (exact) mass is 249 g/mol. The van der Waals surface area contributed by atoms with Gasteiger partial charge < -0.3 is 15.5 Å². The first-order valence-corrected chi connectivity index (χ1v) is 5.93. The fraction of sp³-hybridized carbons (Fsp3) is 0.385. The van der Waals surface area contributed by atoms with Gasteiger partial charge in [0.2, 0.25) is 11.8 Å². The zero-order valence-corrected chi connectivity index (χ0v) is 10.8. The van der Waals surface area contributed by atoms with E-state index in [0.717, 1.165) is 5.69 Å². The van der Waals surface area contributed by atoms with Crippen LogP contribution in [0.3, 0.4) is 0 Å². The van der Waals surface area contributed by atoms with E-state index in [-0.39, 0.29) is 24.9 Å². The summed E-state index contributed by atoms with van der Waals surface area (Å²) in [6.45, 7) is 2.68. The number of para-hydroxylation sites is 1. The molecular weight excluding hydrogens is 230 g/mol. The normalized spacial score (nSPS) is 9.67. The minimum Gasteiger partial charge on any atom is -0.376 e. The molecule has 2 amide bonds. The van der Waals surface area contributed by atoms with E-state index in [0.29, 0.717) is 6.54 Å². The maximum Gasteiger partial charge on any atom is 0.242 e. The molecule has 0 unspecified atom stereocenters. The van der Waals surface area contributed by atoms with Crippen molar-refractivity contribution in [3.8, 4) is 0 Å². The third-order valence-corrected chi connectivity index (χ3v) is 2.40. The van der Waals surface area contributed by atoms with Gasteiger partial charge in [0, 0.05) is 19.3 Å². The average molecular weight is 249 g/mol. The number of amides is 2. The van der Waals surface area contributed by atoms with Crippen molar-refractivity contribution < 1.29 is 9.59 Å². The minimum atomic E-state index is -0.145. The highest BCUT2D eigenvalue weighted by Crippen LogP contribution is 2.04. The Hall–Kier alpha value is -2.04. The van der Waals surface area contributed by atoms with Crippen LogP contribution in [0.25, 0.3) is 0 Å². The molecule has 0 saturated heterocycles. The molecule has 5 nitrogen and oxygen atoms in total. The second kappa shape index (κ2) is 7.32. The van der Waals surface area contributed by atoms with Gasteiger partial charge in [-0.25, -0.2) is 0 Å². The predicted octanol–water partition coefficient (Wildman–Crippen LogP) is 0.693. The van der Waals surface area contributed by atoms with Gasteiger partial charge in [0.15, 0.2) is 0 Å². The molecule has 0 spiro atoms. The van der Waals surface area contributed by atoms with Gasteiger partial charge in [0.05, 0.1) is 13.1 Å². The van der Waals surface area contributed by atoms with Crippen molar-refractivity contribution in [1.29, 1.82) is 0 Å². The summed E-state index contributed by atoms with van der Waals surface area (Å²) in [7, 11) is 1.62. The van der Waals surface area contributed by atoms with E-state index in [9.17, 15) is 9.59 Å². The molecule has 0 aliphatic carbocycles. The zero-order chi connectivity index (χ0) is 13.4. The number of carbonyl (C=O) groups is 2. The first kappa shape index (κ1) is 14.0. The number of nitrogens with zero attached hydrogens (tertiary/aromatic N) is 1. The second-order valence-corrected chi connectivity index (χ2v) is 3.92. The Kier molecular flexibility index (Phi) is 5.70. The average Bonchev–Trinajstić information content (AvgIpc) is 2.37. The van der Waals surface area contributed by atoms with Crippen LogP contribution in [0.15, 0.2) is 30.3 Å². The summed E-state index contributed by atoms with van der Waals surface area (Å²) >= 11 is 0. The smallest absolute Gasteiger partial charge is 0.242 e. The molecule has 1 aromatic rings. The maximum atomic E-state index is 11.7. The largest absolute Gasteiger partial charge is 0.376 e. The quantitative estimate of drug-likeness (QED) is 0.780. The molecule has 5 heteroatoms. The van der Waals surface area contributed by atoms with Crippen LogP contribution in [-0.2, 0) is 9.59 Å². The Balaban J connectivity index is 2.34. The lowest BCUT2D eigenvalue weighted by Gasteiger charge is -2.17. The van der Waals surface area contributed by atoms with Gasteiger partial charge in [-0.2, -0.15) is 0 Å². The molecule has 2 N–H and O–H groups in total. The lowest BCUT2D eigenvalue weighted by molar-refractivity contribution is -0.133. The van der Waals surface area contributed by atoms with E-state index in [1.165, 1.54) is 4.90 Å². The highest BCUT2D eigenvalue weighted by molar-refractivity contribution is 5.86. The van der Waals surface area contributed by atoms with E-state index in [1.807, 2.05) is 37.3 Å². The number of nitrogens with one attached hydrogen (secondary N) is 2. The highest BCUT2D eigenvalue weighted by atomic mass is 16.2. The van der Waals surface area contributed by atoms with Crippen molar-refractivity contribution >= 4 is 17.5 Å². The van der Waals surface area contributed by atoms with E-state index < -0.39 is 0 Å². The SMILES string of the molecule is CCNC(=O)CN(C)C(=O)CNc1ccccc1. The van der Waals surface area contributed by atoms with E-state index in [1.54, 1.807) is 7.05 Å². The number of benzene rings is 1. The van der Waals surface area contributed by atoms with Crippen molar-refractivity contribution in [2.75, 3.05) is 32.0 Å². The third-order valence-electron chi connectivity index (χ3n) is 2.40. The summed E-state index contributed by atoms with van der Waals surface area (Å²) in [4.78, 5) is 24.4. The molecular formula is C13H19N3O2. The number of anilines is 1. The van der Waals surface area contributed by atoms with Crippen molar-refractivity contribution in [2.45, 2.75) is 6.92 Å². The molecule has 98 valence electrons. The van der Waals surface area contributed by atoms with Gasteiger partial charge in [-0.05, 0) is 19.1 Å². The summed E-state index contributed by atoms with van der Waals surface area (Å²) in [5.74, 6) is -0.266. The lowest BCUT2D eigenvalue weighted by Crippen LogP contribution is -2.40. The molecule has 18 heavy (non-hydrogen) atoms. The van der Waals surface area contributed by atoms with E-state index in [2.05, 4.69) is 10.6 Å². The molecule has 0 bridgehead atoms. The summed E-state index contributed by atoms with van der Waals surface area (Å²) in [5, 5.41) is 5.66. The molecule has 0 fully saturated rings. The second-order valence-electron chi connectivity index (χ2n) is 3.92. The van der Waals surface area contributed by atoms with Crippen LogP contribution < -0.4 is 10.6 Å². The molecule has 0 aromatic heterocycles. The molecule has 1 aromatic carbocycles. The number of hydrogen-bond donors (Lipinski definition) is 2. The molecule has 0 saturated carbocycles. The molecule has 1 rings (SSSR count). The molecule has 0 atom stereocenters. The number of hydrogen-bond acceptors (Lipinski definition) is 3. The van der Waals surface area contributed by atoms with Crippen molar-refractivity contribution in [2.24, 2.45) is 0 Å². The fourth-order valence-corrected chi connectivity index (χ4v) is 1.43. The van der Waals surface area contributed by atoms with Crippen LogP contribution >= 0.6 is 0 Å². The topological polar surface area (TPSA) is 61.4 Å². The maximum absolute atomic E-state index is 11.7. The van der Waals surface area contributed by atoms with Crippen LogP contribution in [0.1, 0.15) is 6.92 Å². The van der Waals surface area contributed by atoms with E-state index in [4.69, 9.17) is 0 Å². The Morgan fingerprint density at radius 3 is 2.50 bits per heavy atom. The first-order valence-electron chi connectivity index (χ1n) is 5.93. The van der Waals surface area contributed by atoms with Crippen LogP contribution in [-0.4, -0.2) is 43.4 Å².